The fourth-order valence-corrected chi connectivity index (χ4v) is 4.74. The van der Waals surface area contributed by atoms with Gasteiger partial charge in [-0.25, -0.2) is 18.7 Å². The molecule has 10 heteroatoms. The molecule has 0 bridgehead atoms. The number of aromatic nitrogens is 3. The molecule has 3 heterocycles. The van der Waals surface area contributed by atoms with E-state index in [4.69, 9.17) is 5.73 Å². The summed E-state index contributed by atoms with van der Waals surface area (Å²) in [6.45, 7) is 1.04. The third-order valence-corrected chi connectivity index (χ3v) is 6.44. The number of alkyl halides is 5. The van der Waals surface area contributed by atoms with Crippen LogP contribution in [-0.2, 0) is 12.6 Å². The number of nitrogens with two attached hydrogens (primary N) is 1. The van der Waals surface area contributed by atoms with Crippen LogP contribution in [0.15, 0.2) is 18.5 Å². The Bertz CT molecular complexity index is 940. The van der Waals surface area contributed by atoms with E-state index in [1.807, 2.05) is 0 Å². The number of hydrogen-bond donors (Lipinski definition) is 1. The van der Waals surface area contributed by atoms with E-state index in [1.165, 1.54) is 6.20 Å². The lowest BCUT2D eigenvalue weighted by atomic mass is 10.1. The van der Waals surface area contributed by atoms with E-state index in [-0.39, 0.29) is 18.2 Å². The standard InChI is InChI=1S/C20H22F5N5/c21-16(22)9-29-6-12-13(7-29)18(12)30-8-15(28-17(30)3-10-1-2-10)11-4-14(20(23,24)25)19(26)27-5-11/h4-5,8,10,12-13,16,18H,1-3,6-7,9H2,(H2,26,27)/t12-,13+,18+. The van der Waals surface area contributed by atoms with Gasteiger partial charge in [0.2, 0.25) is 0 Å². The van der Waals surface area contributed by atoms with Gasteiger partial charge in [-0.05, 0) is 36.7 Å². The highest BCUT2D eigenvalue weighted by Crippen LogP contribution is 2.56. The van der Waals surface area contributed by atoms with Gasteiger partial charge in [0.1, 0.15) is 11.6 Å². The van der Waals surface area contributed by atoms with Crippen LogP contribution >= 0.6 is 0 Å². The number of fused-ring (bicyclic) bond motifs is 1. The van der Waals surface area contributed by atoms with Crippen molar-refractivity contribution in [2.45, 2.75) is 37.9 Å². The highest BCUT2D eigenvalue weighted by Gasteiger charge is 2.57. The van der Waals surface area contributed by atoms with E-state index in [2.05, 4.69) is 14.5 Å². The Labute approximate surface area is 170 Å². The Hall–Kier alpha value is -2.23. The minimum Gasteiger partial charge on any atom is -0.383 e. The van der Waals surface area contributed by atoms with Crippen LogP contribution in [0.2, 0.25) is 0 Å². The molecule has 3 atom stereocenters. The van der Waals surface area contributed by atoms with Crippen molar-refractivity contribution < 1.29 is 22.0 Å². The second kappa shape index (κ2) is 6.90. The number of hydrogen-bond acceptors (Lipinski definition) is 4. The Balaban J connectivity index is 1.42. The van der Waals surface area contributed by atoms with Gasteiger partial charge in [0.05, 0.1) is 17.8 Å². The van der Waals surface area contributed by atoms with Crippen LogP contribution < -0.4 is 5.73 Å². The second-order valence-electron chi connectivity index (χ2n) is 8.68. The molecule has 2 aliphatic carbocycles. The summed E-state index contributed by atoms with van der Waals surface area (Å²) in [5.74, 6) is 1.44. The smallest absolute Gasteiger partial charge is 0.383 e. The van der Waals surface area contributed by atoms with E-state index < -0.39 is 24.0 Å². The van der Waals surface area contributed by atoms with Gasteiger partial charge in [0, 0.05) is 43.5 Å². The minimum absolute atomic E-state index is 0.178. The Kier molecular flexibility index (Phi) is 4.53. The maximum atomic E-state index is 13.2. The molecule has 0 aromatic carbocycles. The molecule has 5 nitrogen and oxygen atoms in total. The molecule has 1 aliphatic heterocycles. The van der Waals surface area contributed by atoms with Crippen molar-refractivity contribution in [3.05, 3.63) is 29.8 Å². The zero-order chi connectivity index (χ0) is 21.2. The molecule has 5 rings (SSSR count). The van der Waals surface area contributed by atoms with Gasteiger partial charge in [0.25, 0.3) is 6.43 Å². The Morgan fingerprint density at radius 2 is 1.87 bits per heavy atom. The van der Waals surface area contributed by atoms with Crippen molar-refractivity contribution in [3.63, 3.8) is 0 Å². The maximum absolute atomic E-state index is 13.2. The number of pyridine rings is 1. The molecule has 3 aliphatic rings. The van der Waals surface area contributed by atoms with Crippen molar-refractivity contribution in [1.29, 1.82) is 0 Å². The van der Waals surface area contributed by atoms with Gasteiger partial charge in [-0.1, -0.05) is 0 Å². The summed E-state index contributed by atoms with van der Waals surface area (Å²) < 4.78 is 67.1. The topological polar surface area (TPSA) is 60.0 Å². The number of anilines is 1. The van der Waals surface area contributed by atoms with Crippen LogP contribution in [0.4, 0.5) is 27.8 Å². The summed E-state index contributed by atoms with van der Waals surface area (Å²) in [4.78, 5) is 10.2. The lowest BCUT2D eigenvalue weighted by Crippen LogP contribution is -2.30. The number of nitrogen functional groups attached to an aromatic ring is 1. The van der Waals surface area contributed by atoms with Crippen LogP contribution in [0.3, 0.4) is 0 Å². The predicted octanol–water partition coefficient (Wildman–Crippen LogP) is 3.87. The van der Waals surface area contributed by atoms with E-state index in [1.54, 1.807) is 11.1 Å². The molecule has 0 radical (unpaired) electrons. The fourth-order valence-electron chi connectivity index (χ4n) is 4.74. The zero-order valence-corrected chi connectivity index (χ0v) is 16.1. The lowest BCUT2D eigenvalue weighted by Gasteiger charge is -2.19. The Morgan fingerprint density at radius 1 is 1.17 bits per heavy atom. The van der Waals surface area contributed by atoms with Gasteiger partial charge in [-0.2, -0.15) is 13.2 Å². The molecular formula is C20H22F5N5. The normalized spacial score (nSPS) is 26.4. The molecule has 1 saturated heterocycles. The SMILES string of the molecule is Nc1ncc(-c2cn([C@H]3[C@@H]4CN(CC(F)F)C[C@@H]43)c(CC3CC3)n2)cc1C(F)(F)F. The largest absolute Gasteiger partial charge is 0.419 e. The van der Waals surface area contributed by atoms with Crippen molar-refractivity contribution in [2.75, 3.05) is 25.4 Å². The van der Waals surface area contributed by atoms with E-state index in [0.29, 0.717) is 36.5 Å². The molecule has 2 aromatic heterocycles. The third-order valence-electron chi connectivity index (χ3n) is 6.44. The van der Waals surface area contributed by atoms with Crippen LogP contribution in [0.5, 0.6) is 0 Å². The van der Waals surface area contributed by atoms with Crippen LogP contribution in [0.25, 0.3) is 11.3 Å². The number of rotatable bonds is 6. The fraction of sp³-hybridized carbons (Fsp3) is 0.600. The first-order valence-corrected chi connectivity index (χ1v) is 10.1. The van der Waals surface area contributed by atoms with Gasteiger partial charge < -0.3 is 10.3 Å². The Morgan fingerprint density at radius 3 is 2.47 bits per heavy atom. The highest BCUT2D eigenvalue weighted by molar-refractivity contribution is 5.62. The van der Waals surface area contributed by atoms with Crippen molar-refractivity contribution in [1.82, 2.24) is 19.4 Å². The maximum Gasteiger partial charge on any atom is 0.419 e. The highest BCUT2D eigenvalue weighted by atomic mass is 19.4. The predicted molar refractivity (Wildman–Crippen MR) is 99.8 cm³/mol. The molecule has 3 fully saturated rings. The summed E-state index contributed by atoms with van der Waals surface area (Å²) in [5, 5.41) is 0. The summed E-state index contributed by atoms with van der Waals surface area (Å²) in [6.07, 6.45) is -0.777. The monoisotopic (exact) mass is 427 g/mol. The van der Waals surface area contributed by atoms with Crippen LogP contribution in [0.1, 0.15) is 30.3 Å². The van der Waals surface area contributed by atoms with E-state index in [0.717, 1.165) is 31.2 Å². The van der Waals surface area contributed by atoms with Gasteiger partial charge in [-0.3, -0.25) is 4.90 Å². The molecule has 0 unspecified atom stereocenters. The summed E-state index contributed by atoms with van der Waals surface area (Å²) >= 11 is 0. The quantitative estimate of drug-likeness (QED) is 0.712. The zero-order valence-electron chi connectivity index (χ0n) is 16.1. The van der Waals surface area contributed by atoms with Gasteiger partial charge >= 0.3 is 6.18 Å². The minimum atomic E-state index is -4.59. The first-order valence-electron chi connectivity index (χ1n) is 10.1. The average Bonchev–Trinajstić information content (AvgIpc) is 3.49. The van der Waals surface area contributed by atoms with E-state index >= 15 is 0 Å². The number of nitrogens with zero attached hydrogens (tertiary/aromatic N) is 4. The van der Waals surface area contributed by atoms with Crippen molar-refractivity contribution in [2.24, 2.45) is 17.8 Å². The molecule has 2 saturated carbocycles. The molecule has 0 spiro atoms. The molecule has 2 aromatic rings. The molecule has 2 N–H and O–H groups in total. The lowest BCUT2D eigenvalue weighted by molar-refractivity contribution is -0.137. The van der Waals surface area contributed by atoms with Gasteiger partial charge in [0.15, 0.2) is 0 Å². The molecule has 162 valence electrons. The number of halogens is 5. The molecule has 30 heavy (non-hydrogen) atoms. The van der Waals surface area contributed by atoms with Crippen molar-refractivity contribution >= 4 is 5.82 Å². The van der Waals surface area contributed by atoms with Crippen LogP contribution in [-0.4, -0.2) is 45.5 Å². The summed E-state index contributed by atoms with van der Waals surface area (Å²) in [6, 6.07) is 1.17. The molecular weight excluding hydrogens is 405 g/mol. The third kappa shape index (κ3) is 3.66. The first-order chi connectivity index (χ1) is 14.2. The number of piperidine rings is 1. The summed E-state index contributed by atoms with van der Waals surface area (Å²) in [7, 11) is 0. The van der Waals surface area contributed by atoms with Gasteiger partial charge in [-0.15, -0.1) is 0 Å². The first kappa shape index (κ1) is 19.7. The van der Waals surface area contributed by atoms with Crippen LogP contribution in [0, 0.1) is 17.8 Å². The summed E-state index contributed by atoms with van der Waals surface area (Å²) in [5.41, 5.74) is 5.17. The number of likely N-dealkylation sites (tertiary alicyclic amines) is 1. The average molecular weight is 427 g/mol. The number of imidazole rings is 1. The van der Waals surface area contributed by atoms with E-state index in [9.17, 15) is 22.0 Å². The second-order valence-corrected chi connectivity index (χ2v) is 8.68. The van der Waals surface area contributed by atoms with Crippen molar-refractivity contribution in [3.8, 4) is 11.3 Å². The molecule has 0 amide bonds.